The molecule has 1 unspecified atom stereocenters. The number of nitrogens with one attached hydrogen (secondary N) is 1. The molecule has 5 heteroatoms. The fraction of sp³-hybridized carbons (Fsp3) is 0.600. The van der Waals surface area contributed by atoms with E-state index in [1.54, 1.807) is 7.11 Å². The molecule has 1 heterocycles. The molecule has 1 aromatic heterocycles. The zero-order chi connectivity index (χ0) is 11.3. The van der Waals surface area contributed by atoms with Crippen molar-refractivity contribution in [3.63, 3.8) is 0 Å². The third-order valence-corrected chi connectivity index (χ3v) is 2.16. The molecule has 0 radical (unpaired) electrons. The summed E-state index contributed by atoms with van der Waals surface area (Å²) in [5.41, 5.74) is 0.428. The maximum Gasteiger partial charge on any atom is 0.186 e. The maximum absolute atomic E-state index is 13.6. The van der Waals surface area contributed by atoms with Crippen LogP contribution in [0.1, 0.15) is 19.5 Å². The number of hydrogen-bond donors (Lipinski definition) is 1. The molecule has 0 bridgehead atoms. The molecule has 0 aliphatic heterocycles. The molecule has 0 spiro atoms. The van der Waals surface area contributed by atoms with Crippen molar-refractivity contribution in [2.45, 2.75) is 26.4 Å². The first-order valence-corrected chi connectivity index (χ1v) is 4.95. The Kier molecular flexibility index (Phi) is 4.42. The Morgan fingerprint density at radius 3 is 2.87 bits per heavy atom. The van der Waals surface area contributed by atoms with Crippen LogP contribution in [0.5, 0.6) is 0 Å². The molecule has 1 aromatic rings. The summed E-state index contributed by atoms with van der Waals surface area (Å²) in [4.78, 5) is 7.69. The Morgan fingerprint density at radius 2 is 2.27 bits per heavy atom. The predicted molar refractivity (Wildman–Crippen MR) is 56.3 cm³/mol. The van der Waals surface area contributed by atoms with Gasteiger partial charge in [-0.3, -0.25) is 0 Å². The van der Waals surface area contributed by atoms with Gasteiger partial charge in [0.2, 0.25) is 0 Å². The van der Waals surface area contributed by atoms with E-state index in [0.29, 0.717) is 18.7 Å². The lowest BCUT2D eigenvalue weighted by Gasteiger charge is -2.12. The molecule has 1 N–H and O–H groups in total. The number of aryl methyl sites for hydroxylation is 1. The van der Waals surface area contributed by atoms with Gasteiger partial charge in [0.25, 0.3) is 0 Å². The normalized spacial score (nSPS) is 12.5. The monoisotopic (exact) mass is 213 g/mol. The van der Waals surface area contributed by atoms with Crippen molar-refractivity contribution in [3.8, 4) is 0 Å². The van der Waals surface area contributed by atoms with Gasteiger partial charge in [-0.15, -0.1) is 0 Å². The van der Waals surface area contributed by atoms with Gasteiger partial charge in [-0.05, 0) is 13.3 Å². The number of methoxy groups -OCH3 is 1. The highest BCUT2D eigenvalue weighted by atomic mass is 19.1. The number of ether oxygens (including phenoxy) is 1. The zero-order valence-electron chi connectivity index (χ0n) is 9.25. The molecule has 0 saturated heterocycles. The molecule has 4 nitrogen and oxygen atoms in total. The minimum atomic E-state index is -0.372. The van der Waals surface area contributed by atoms with Gasteiger partial charge in [0.1, 0.15) is 6.33 Å². The average Bonchev–Trinajstić information content (AvgIpc) is 2.27. The van der Waals surface area contributed by atoms with E-state index in [0.717, 1.165) is 0 Å². The summed E-state index contributed by atoms with van der Waals surface area (Å²) in [7, 11) is 1.61. The van der Waals surface area contributed by atoms with Crippen molar-refractivity contribution >= 4 is 5.82 Å². The molecule has 1 rings (SSSR count). The fourth-order valence-corrected chi connectivity index (χ4v) is 1.10. The molecular formula is C10H16FN3O. The standard InChI is InChI=1S/C10H16FN3O/c1-4-8-9(11)10(14-6-13-8)12-5-7(2)15-3/h6-7H,4-5H2,1-3H3,(H,12,13,14). The Bertz CT molecular complexity index is 320. The highest BCUT2D eigenvalue weighted by Crippen LogP contribution is 2.12. The van der Waals surface area contributed by atoms with Crippen molar-refractivity contribution in [1.29, 1.82) is 0 Å². The van der Waals surface area contributed by atoms with Crippen LogP contribution >= 0.6 is 0 Å². The molecule has 0 amide bonds. The zero-order valence-corrected chi connectivity index (χ0v) is 9.25. The van der Waals surface area contributed by atoms with Gasteiger partial charge in [0.15, 0.2) is 11.6 Å². The second kappa shape index (κ2) is 5.60. The van der Waals surface area contributed by atoms with Crippen LogP contribution in [0.4, 0.5) is 10.2 Å². The van der Waals surface area contributed by atoms with Gasteiger partial charge in [-0.1, -0.05) is 6.92 Å². The van der Waals surface area contributed by atoms with E-state index in [4.69, 9.17) is 4.74 Å². The summed E-state index contributed by atoms with van der Waals surface area (Å²) < 4.78 is 18.6. The van der Waals surface area contributed by atoms with Crippen molar-refractivity contribution < 1.29 is 9.13 Å². The lowest BCUT2D eigenvalue weighted by atomic mass is 10.3. The van der Waals surface area contributed by atoms with Crippen molar-refractivity contribution in [3.05, 3.63) is 17.8 Å². The molecular weight excluding hydrogens is 197 g/mol. The Balaban J connectivity index is 2.68. The van der Waals surface area contributed by atoms with E-state index >= 15 is 0 Å². The van der Waals surface area contributed by atoms with E-state index in [1.807, 2.05) is 13.8 Å². The number of nitrogens with zero attached hydrogens (tertiary/aromatic N) is 2. The van der Waals surface area contributed by atoms with Crippen molar-refractivity contribution in [1.82, 2.24) is 9.97 Å². The van der Waals surface area contributed by atoms with Crippen molar-refractivity contribution in [2.24, 2.45) is 0 Å². The topological polar surface area (TPSA) is 47.0 Å². The summed E-state index contributed by atoms with van der Waals surface area (Å²) in [6.45, 7) is 4.27. The summed E-state index contributed by atoms with van der Waals surface area (Å²) in [5.74, 6) is -0.131. The molecule has 1 atom stereocenters. The minimum absolute atomic E-state index is 0.0180. The Hall–Kier alpha value is -1.23. The molecule has 0 aromatic carbocycles. The summed E-state index contributed by atoms with van der Waals surface area (Å²) in [5, 5.41) is 2.89. The quantitative estimate of drug-likeness (QED) is 0.807. The Morgan fingerprint density at radius 1 is 1.53 bits per heavy atom. The third-order valence-electron chi connectivity index (χ3n) is 2.16. The van der Waals surface area contributed by atoms with Crippen molar-refractivity contribution in [2.75, 3.05) is 19.0 Å². The van der Waals surface area contributed by atoms with Gasteiger partial charge < -0.3 is 10.1 Å². The molecule has 0 fully saturated rings. The first-order chi connectivity index (χ1) is 7.19. The molecule has 84 valence electrons. The maximum atomic E-state index is 13.6. The third kappa shape index (κ3) is 3.13. The van der Waals surface area contributed by atoms with Gasteiger partial charge in [0.05, 0.1) is 11.8 Å². The van der Waals surface area contributed by atoms with E-state index in [2.05, 4.69) is 15.3 Å². The van der Waals surface area contributed by atoms with Crippen LogP contribution in [0.3, 0.4) is 0 Å². The first-order valence-electron chi connectivity index (χ1n) is 4.95. The van der Waals surface area contributed by atoms with E-state index in [1.165, 1.54) is 6.33 Å². The van der Waals surface area contributed by atoms with Gasteiger partial charge in [-0.2, -0.15) is 0 Å². The number of rotatable bonds is 5. The lowest BCUT2D eigenvalue weighted by molar-refractivity contribution is 0.128. The van der Waals surface area contributed by atoms with Crippen LogP contribution in [-0.4, -0.2) is 29.7 Å². The summed E-state index contributed by atoms with van der Waals surface area (Å²) >= 11 is 0. The van der Waals surface area contributed by atoms with Crippen LogP contribution in [0.2, 0.25) is 0 Å². The highest BCUT2D eigenvalue weighted by molar-refractivity contribution is 5.37. The van der Waals surface area contributed by atoms with Crippen LogP contribution in [0, 0.1) is 5.82 Å². The smallest absolute Gasteiger partial charge is 0.186 e. The summed E-state index contributed by atoms with van der Waals surface area (Å²) in [6.07, 6.45) is 1.94. The molecule has 0 saturated carbocycles. The van der Waals surface area contributed by atoms with Gasteiger partial charge >= 0.3 is 0 Å². The molecule has 0 aliphatic carbocycles. The first kappa shape index (κ1) is 11.8. The number of hydrogen-bond acceptors (Lipinski definition) is 4. The van der Waals surface area contributed by atoms with E-state index in [-0.39, 0.29) is 17.7 Å². The van der Waals surface area contributed by atoms with Gasteiger partial charge in [-0.25, -0.2) is 14.4 Å². The molecule has 15 heavy (non-hydrogen) atoms. The second-order valence-corrected chi connectivity index (χ2v) is 3.26. The van der Waals surface area contributed by atoms with Crippen LogP contribution < -0.4 is 5.32 Å². The predicted octanol–water partition coefficient (Wildman–Crippen LogP) is 1.62. The average molecular weight is 213 g/mol. The van der Waals surface area contributed by atoms with Crippen LogP contribution in [0.25, 0.3) is 0 Å². The largest absolute Gasteiger partial charge is 0.380 e. The number of halogens is 1. The number of anilines is 1. The van der Waals surface area contributed by atoms with E-state index in [9.17, 15) is 4.39 Å². The summed E-state index contributed by atoms with van der Waals surface area (Å²) in [6, 6.07) is 0. The highest BCUT2D eigenvalue weighted by Gasteiger charge is 2.09. The fourth-order valence-electron chi connectivity index (χ4n) is 1.10. The Labute approximate surface area is 88.9 Å². The minimum Gasteiger partial charge on any atom is -0.380 e. The molecule has 0 aliphatic rings. The van der Waals surface area contributed by atoms with Crippen LogP contribution in [0.15, 0.2) is 6.33 Å². The lowest BCUT2D eigenvalue weighted by Crippen LogP contribution is -2.19. The SMILES string of the molecule is CCc1ncnc(NCC(C)OC)c1F. The van der Waals surface area contributed by atoms with E-state index < -0.39 is 0 Å². The van der Waals surface area contributed by atoms with Gasteiger partial charge in [0, 0.05) is 13.7 Å². The second-order valence-electron chi connectivity index (χ2n) is 3.26. The number of aromatic nitrogens is 2. The van der Waals surface area contributed by atoms with Crippen LogP contribution in [-0.2, 0) is 11.2 Å².